The fraction of sp³-hybridized carbons (Fsp3) is 0.316. The summed E-state index contributed by atoms with van der Waals surface area (Å²) < 4.78 is 6.06. The highest BCUT2D eigenvalue weighted by Crippen LogP contribution is 2.40. The minimum atomic E-state index is -0.00595. The molecule has 3 aromatic rings. The van der Waals surface area contributed by atoms with Gasteiger partial charge in [0.1, 0.15) is 16.9 Å². The van der Waals surface area contributed by atoms with Crippen molar-refractivity contribution in [3.8, 4) is 11.6 Å². The topological polar surface area (TPSA) is 64.1 Å². The van der Waals surface area contributed by atoms with Crippen LogP contribution in [0.2, 0.25) is 0 Å². The Morgan fingerprint density at radius 2 is 2.04 bits per heavy atom. The second-order valence-electron chi connectivity index (χ2n) is 6.18. The Morgan fingerprint density at radius 3 is 2.85 bits per heavy atom. The Balaban J connectivity index is 1.57. The average Bonchev–Trinajstić information content (AvgIpc) is 3.03. The Bertz CT molecular complexity index is 938. The van der Waals surface area contributed by atoms with Crippen molar-refractivity contribution in [2.24, 2.45) is 0 Å². The largest absolute Gasteiger partial charge is 0.438 e. The third kappa shape index (κ3) is 3.54. The monoisotopic (exact) mass is 385 g/mol. The van der Waals surface area contributed by atoms with Crippen molar-refractivity contribution in [2.75, 3.05) is 17.3 Å². The maximum Gasteiger partial charge on any atom is 0.234 e. The molecule has 134 valence electrons. The fourth-order valence-electron chi connectivity index (χ4n) is 3.18. The Hall–Kier alpha value is -2.12. The van der Waals surface area contributed by atoms with Crippen molar-refractivity contribution in [3.63, 3.8) is 0 Å². The highest BCUT2D eigenvalue weighted by Gasteiger charge is 2.20. The van der Waals surface area contributed by atoms with E-state index in [2.05, 4.69) is 15.3 Å². The smallest absolute Gasteiger partial charge is 0.234 e. The Labute approximate surface area is 160 Å². The highest BCUT2D eigenvalue weighted by atomic mass is 32.2. The summed E-state index contributed by atoms with van der Waals surface area (Å²) in [5, 5.41) is 3.92. The lowest BCUT2D eigenvalue weighted by Crippen LogP contribution is -2.13. The number of nitrogens with zero attached hydrogens (tertiary/aromatic N) is 2. The van der Waals surface area contributed by atoms with E-state index in [1.165, 1.54) is 35.0 Å². The molecule has 26 heavy (non-hydrogen) atoms. The maximum absolute atomic E-state index is 11.7. The third-order valence-corrected chi connectivity index (χ3v) is 6.10. The van der Waals surface area contributed by atoms with E-state index in [-0.39, 0.29) is 5.91 Å². The summed E-state index contributed by atoms with van der Waals surface area (Å²) in [7, 11) is 0. The number of rotatable bonds is 5. The molecule has 1 amide bonds. The van der Waals surface area contributed by atoms with E-state index in [1.54, 1.807) is 17.7 Å². The Kier molecular flexibility index (Phi) is 5.08. The van der Waals surface area contributed by atoms with Gasteiger partial charge in [-0.1, -0.05) is 0 Å². The second kappa shape index (κ2) is 7.63. The molecule has 0 fully saturated rings. The number of nitrogens with one attached hydrogen (secondary N) is 1. The zero-order chi connectivity index (χ0) is 17.9. The van der Waals surface area contributed by atoms with Crippen LogP contribution in [0.5, 0.6) is 11.6 Å². The maximum atomic E-state index is 11.7. The number of ether oxygens (including phenoxy) is 1. The number of thiophene rings is 1. The van der Waals surface area contributed by atoms with Crippen molar-refractivity contribution in [2.45, 2.75) is 25.7 Å². The average molecular weight is 386 g/mol. The molecule has 1 aromatic carbocycles. The van der Waals surface area contributed by atoms with Gasteiger partial charge in [0.15, 0.2) is 0 Å². The lowest BCUT2D eigenvalue weighted by Gasteiger charge is -2.12. The fourth-order valence-corrected chi connectivity index (χ4v) is 4.74. The first kappa shape index (κ1) is 17.3. The van der Waals surface area contributed by atoms with Gasteiger partial charge in [-0.2, -0.15) is 11.8 Å². The molecule has 0 spiro atoms. The van der Waals surface area contributed by atoms with E-state index in [4.69, 9.17) is 4.74 Å². The molecule has 0 radical (unpaired) electrons. The van der Waals surface area contributed by atoms with Gasteiger partial charge in [0, 0.05) is 10.6 Å². The zero-order valence-electron chi connectivity index (χ0n) is 14.4. The summed E-state index contributed by atoms with van der Waals surface area (Å²) in [6, 6.07) is 7.38. The van der Waals surface area contributed by atoms with Crippen LogP contribution in [0.3, 0.4) is 0 Å². The van der Waals surface area contributed by atoms with E-state index in [0.717, 1.165) is 28.7 Å². The number of aromatic nitrogens is 2. The van der Waals surface area contributed by atoms with Gasteiger partial charge in [-0.25, -0.2) is 9.97 Å². The van der Waals surface area contributed by atoms with Crippen LogP contribution >= 0.6 is 23.1 Å². The minimum Gasteiger partial charge on any atom is -0.438 e. The van der Waals surface area contributed by atoms with Crippen LogP contribution in [-0.2, 0) is 17.6 Å². The quantitative estimate of drug-likeness (QED) is 0.692. The van der Waals surface area contributed by atoms with Crippen molar-refractivity contribution in [3.05, 3.63) is 41.0 Å². The predicted octanol–water partition coefficient (Wildman–Crippen LogP) is 4.66. The number of amides is 1. The molecule has 0 aliphatic heterocycles. The number of hydrogen-bond acceptors (Lipinski definition) is 6. The number of thioether (sulfide) groups is 1. The molecular weight excluding hydrogens is 366 g/mol. The number of aryl methyl sites for hydroxylation is 2. The number of carbonyl (C=O) groups excluding carboxylic acids is 1. The molecule has 0 bridgehead atoms. The van der Waals surface area contributed by atoms with Gasteiger partial charge in [-0.15, -0.1) is 11.3 Å². The van der Waals surface area contributed by atoms with Gasteiger partial charge in [-0.05, 0) is 61.8 Å². The SMILES string of the molecule is CSCC(=O)Nc1ccc(Oc2ncnc3sc4c(c23)CCCC4)cc1. The molecule has 0 atom stereocenters. The first-order valence-electron chi connectivity index (χ1n) is 8.56. The van der Waals surface area contributed by atoms with Crippen LogP contribution in [-0.4, -0.2) is 27.9 Å². The van der Waals surface area contributed by atoms with Gasteiger partial charge >= 0.3 is 0 Å². The normalized spacial score (nSPS) is 13.4. The lowest BCUT2D eigenvalue weighted by atomic mass is 9.97. The highest BCUT2D eigenvalue weighted by molar-refractivity contribution is 7.99. The van der Waals surface area contributed by atoms with E-state index < -0.39 is 0 Å². The minimum absolute atomic E-state index is 0.00595. The van der Waals surface area contributed by atoms with Gasteiger partial charge in [0.25, 0.3) is 0 Å². The summed E-state index contributed by atoms with van der Waals surface area (Å²) in [6.07, 6.45) is 8.11. The number of benzene rings is 1. The summed E-state index contributed by atoms with van der Waals surface area (Å²) >= 11 is 3.25. The molecule has 0 saturated heterocycles. The van der Waals surface area contributed by atoms with Crippen molar-refractivity contribution >= 4 is 44.9 Å². The van der Waals surface area contributed by atoms with Gasteiger partial charge in [-0.3, -0.25) is 4.79 Å². The van der Waals surface area contributed by atoms with Crippen molar-refractivity contribution < 1.29 is 9.53 Å². The molecule has 1 aliphatic rings. The number of hydrogen-bond donors (Lipinski definition) is 1. The molecule has 0 unspecified atom stereocenters. The van der Waals surface area contributed by atoms with Crippen LogP contribution in [0.1, 0.15) is 23.3 Å². The predicted molar refractivity (Wildman–Crippen MR) is 108 cm³/mol. The summed E-state index contributed by atoms with van der Waals surface area (Å²) in [6.45, 7) is 0. The van der Waals surface area contributed by atoms with E-state index in [1.807, 2.05) is 30.5 Å². The zero-order valence-corrected chi connectivity index (χ0v) is 16.1. The van der Waals surface area contributed by atoms with Gasteiger partial charge in [0.2, 0.25) is 11.8 Å². The molecule has 4 rings (SSSR count). The van der Waals surface area contributed by atoms with Crippen LogP contribution in [0.25, 0.3) is 10.2 Å². The molecule has 5 nitrogen and oxygen atoms in total. The van der Waals surface area contributed by atoms with Crippen LogP contribution in [0.15, 0.2) is 30.6 Å². The molecule has 2 heterocycles. The number of anilines is 1. The Morgan fingerprint density at radius 1 is 1.23 bits per heavy atom. The second-order valence-corrected chi connectivity index (χ2v) is 8.13. The molecule has 0 saturated carbocycles. The standard InChI is InChI=1S/C19H19N3O2S2/c1-25-10-16(23)22-12-6-8-13(9-7-12)24-18-17-14-4-2-3-5-15(14)26-19(17)21-11-20-18/h6-9,11H,2-5,10H2,1H3,(H,22,23). The molecule has 7 heteroatoms. The number of fused-ring (bicyclic) bond motifs is 3. The van der Waals surface area contributed by atoms with E-state index in [0.29, 0.717) is 17.4 Å². The lowest BCUT2D eigenvalue weighted by molar-refractivity contribution is -0.113. The number of carbonyl (C=O) groups is 1. The third-order valence-electron chi connectivity index (χ3n) is 4.34. The van der Waals surface area contributed by atoms with Gasteiger partial charge < -0.3 is 10.1 Å². The molecular formula is C19H19N3O2S2. The van der Waals surface area contributed by atoms with E-state index >= 15 is 0 Å². The molecule has 2 aromatic heterocycles. The van der Waals surface area contributed by atoms with Crippen molar-refractivity contribution in [1.29, 1.82) is 0 Å². The first-order valence-corrected chi connectivity index (χ1v) is 10.8. The molecule has 1 N–H and O–H groups in total. The van der Waals surface area contributed by atoms with Crippen LogP contribution < -0.4 is 10.1 Å². The van der Waals surface area contributed by atoms with Gasteiger partial charge in [0.05, 0.1) is 11.1 Å². The summed E-state index contributed by atoms with van der Waals surface area (Å²) in [5.41, 5.74) is 2.12. The van der Waals surface area contributed by atoms with Crippen LogP contribution in [0.4, 0.5) is 5.69 Å². The summed E-state index contributed by atoms with van der Waals surface area (Å²) in [4.78, 5) is 22.9. The summed E-state index contributed by atoms with van der Waals surface area (Å²) in [5.74, 6) is 1.76. The van der Waals surface area contributed by atoms with E-state index in [9.17, 15) is 4.79 Å². The van der Waals surface area contributed by atoms with Crippen LogP contribution in [0, 0.1) is 0 Å². The molecule has 1 aliphatic carbocycles. The van der Waals surface area contributed by atoms with Crippen molar-refractivity contribution in [1.82, 2.24) is 9.97 Å². The first-order chi connectivity index (χ1) is 12.7.